The van der Waals surface area contributed by atoms with Crippen LogP contribution in [-0.2, 0) is 4.79 Å². The molecule has 2 heterocycles. The van der Waals surface area contributed by atoms with Crippen LogP contribution < -0.4 is 5.32 Å². The Morgan fingerprint density at radius 3 is 2.71 bits per heavy atom. The lowest BCUT2D eigenvalue weighted by Gasteiger charge is -2.00. The van der Waals surface area contributed by atoms with Crippen LogP contribution in [0.4, 0.5) is 0 Å². The third-order valence-electron chi connectivity index (χ3n) is 2.26. The number of aliphatic carboxylic acids is 1. The van der Waals surface area contributed by atoms with E-state index in [4.69, 9.17) is 5.11 Å². The number of amides is 1. The average Bonchev–Trinajstić information content (AvgIpc) is 2.78. The van der Waals surface area contributed by atoms with Crippen LogP contribution in [-0.4, -0.2) is 38.1 Å². The van der Waals surface area contributed by atoms with Crippen LogP contribution in [0.2, 0.25) is 0 Å². The van der Waals surface area contributed by atoms with Crippen molar-refractivity contribution in [2.45, 2.75) is 13.8 Å². The molecule has 0 aromatic carbocycles. The highest BCUT2D eigenvalue weighted by molar-refractivity contribution is 7.19. The van der Waals surface area contributed by atoms with Gasteiger partial charge in [0, 0.05) is 5.69 Å². The van der Waals surface area contributed by atoms with Crippen molar-refractivity contribution in [3.05, 3.63) is 16.4 Å². The van der Waals surface area contributed by atoms with Crippen molar-refractivity contribution in [3.63, 3.8) is 0 Å². The van der Waals surface area contributed by atoms with Gasteiger partial charge >= 0.3 is 5.97 Å². The minimum atomic E-state index is -1.07. The van der Waals surface area contributed by atoms with Gasteiger partial charge in [-0.05, 0) is 13.8 Å². The van der Waals surface area contributed by atoms with Gasteiger partial charge in [-0.15, -0.1) is 10.2 Å². The van der Waals surface area contributed by atoms with E-state index in [2.05, 4.69) is 15.5 Å². The Morgan fingerprint density at radius 2 is 2.12 bits per heavy atom. The maximum Gasteiger partial charge on any atom is 0.322 e. The van der Waals surface area contributed by atoms with Crippen molar-refractivity contribution in [2.24, 2.45) is 0 Å². The van der Waals surface area contributed by atoms with Gasteiger partial charge in [0.05, 0.1) is 0 Å². The number of rotatable bonds is 3. The zero-order valence-corrected chi connectivity index (χ0v) is 10.0. The van der Waals surface area contributed by atoms with Crippen molar-refractivity contribution in [2.75, 3.05) is 6.54 Å². The lowest BCUT2D eigenvalue weighted by Crippen LogP contribution is -2.29. The summed E-state index contributed by atoms with van der Waals surface area (Å²) >= 11 is 1.19. The van der Waals surface area contributed by atoms with Crippen LogP contribution in [0.1, 0.15) is 21.2 Å². The molecular formula is C9H10N4O3S. The van der Waals surface area contributed by atoms with E-state index in [1.807, 2.05) is 0 Å². The lowest BCUT2D eigenvalue weighted by atomic mass is 10.3. The number of carboxylic acids is 1. The van der Waals surface area contributed by atoms with E-state index in [0.717, 1.165) is 5.69 Å². The van der Waals surface area contributed by atoms with Gasteiger partial charge in [0.2, 0.25) is 4.96 Å². The van der Waals surface area contributed by atoms with Gasteiger partial charge in [-0.2, -0.15) is 0 Å². The predicted molar refractivity (Wildman–Crippen MR) is 60.3 cm³/mol. The van der Waals surface area contributed by atoms with Gasteiger partial charge < -0.3 is 10.4 Å². The largest absolute Gasteiger partial charge is 0.480 e. The van der Waals surface area contributed by atoms with Gasteiger partial charge in [0.25, 0.3) is 5.91 Å². The van der Waals surface area contributed by atoms with E-state index in [1.165, 1.54) is 11.3 Å². The van der Waals surface area contributed by atoms with E-state index in [0.29, 0.717) is 15.7 Å². The first-order valence-electron chi connectivity index (χ1n) is 4.82. The quantitative estimate of drug-likeness (QED) is 0.816. The summed E-state index contributed by atoms with van der Waals surface area (Å²) in [5.74, 6) is -0.777. The molecule has 90 valence electrons. The molecule has 0 spiro atoms. The number of fused-ring (bicyclic) bond motifs is 1. The van der Waals surface area contributed by atoms with Gasteiger partial charge in [-0.1, -0.05) is 11.3 Å². The molecule has 0 aliphatic heterocycles. The van der Waals surface area contributed by atoms with Crippen LogP contribution in [0, 0.1) is 13.8 Å². The van der Waals surface area contributed by atoms with Crippen molar-refractivity contribution in [1.29, 1.82) is 0 Å². The summed E-state index contributed by atoms with van der Waals surface area (Å²) in [7, 11) is 0. The first-order valence-corrected chi connectivity index (χ1v) is 5.63. The van der Waals surface area contributed by atoms with Crippen molar-refractivity contribution in [1.82, 2.24) is 19.9 Å². The molecule has 0 aliphatic carbocycles. The van der Waals surface area contributed by atoms with Crippen LogP contribution in [0.5, 0.6) is 0 Å². The fourth-order valence-electron chi connectivity index (χ4n) is 1.51. The Morgan fingerprint density at radius 1 is 1.41 bits per heavy atom. The van der Waals surface area contributed by atoms with Crippen molar-refractivity contribution < 1.29 is 14.7 Å². The molecule has 0 aliphatic rings. The smallest absolute Gasteiger partial charge is 0.322 e. The molecule has 0 atom stereocenters. The highest BCUT2D eigenvalue weighted by Crippen LogP contribution is 2.22. The summed E-state index contributed by atoms with van der Waals surface area (Å²) in [6.07, 6.45) is 0. The van der Waals surface area contributed by atoms with Crippen molar-refractivity contribution in [3.8, 4) is 0 Å². The fraction of sp³-hybridized carbons (Fsp3) is 0.333. The number of aryl methyl sites for hydroxylation is 2. The molecule has 17 heavy (non-hydrogen) atoms. The molecule has 7 nitrogen and oxygen atoms in total. The molecule has 2 aromatic rings. The Balaban J connectivity index is 2.32. The standard InChI is InChI=1S/C9H10N4O3S/c1-4-7(8(16)10-3-6(14)15)17-9-12-11-5(2)13(4)9/h3H2,1-2H3,(H,10,16)(H,14,15). The number of aromatic nitrogens is 3. The highest BCUT2D eigenvalue weighted by Gasteiger charge is 2.18. The van der Waals surface area contributed by atoms with Crippen LogP contribution in [0.3, 0.4) is 0 Å². The molecule has 0 unspecified atom stereocenters. The SMILES string of the molecule is Cc1nnc2sc(C(=O)NCC(=O)O)c(C)n12. The lowest BCUT2D eigenvalue weighted by molar-refractivity contribution is -0.135. The number of carboxylic acid groups (broad SMARTS) is 1. The summed E-state index contributed by atoms with van der Waals surface area (Å²) in [6, 6.07) is 0. The molecule has 1 amide bonds. The zero-order chi connectivity index (χ0) is 12.6. The third kappa shape index (κ3) is 1.98. The zero-order valence-electron chi connectivity index (χ0n) is 9.22. The number of nitrogens with one attached hydrogen (secondary N) is 1. The molecule has 2 N–H and O–H groups in total. The van der Waals surface area contributed by atoms with Gasteiger partial charge in [-0.25, -0.2) is 0 Å². The molecular weight excluding hydrogens is 244 g/mol. The molecule has 0 bridgehead atoms. The molecule has 2 rings (SSSR count). The predicted octanol–water partition coefficient (Wildman–Crippen LogP) is 0.222. The monoisotopic (exact) mass is 254 g/mol. The Kier molecular flexibility index (Phi) is 2.80. The maximum absolute atomic E-state index is 11.7. The third-order valence-corrected chi connectivity index (χ3v) is 3.39. The van der Waals surface area contributed by atoms with Crippen LogP contribution >= 0.6 is 11.3 Å². The maximum atomic E-state index is 11.7. The summed E-state index contributed by atoms with van der Waals surface area (Å²) in [4.78, 5) is 23.2. The number of thiazole rings is 1. The molecule has 8 heteroatoms. The second kappa shape index (κ2) is 4.13. The van der Waals surface area contributed by atoms with Crippen LogP contribution in [0.15, 0.2) is 0 Å². The number of hydrogen-bond donors (Lipinski definition) is 2. The second-order valence-electron chi connectivity index (χ2n) is 3.46. The summed E-state index contributed by atoms with van der Waals surface area (Å²) < 4.78 is 1.76. The molecule has 0 fully saturated rings. The van der Waals surface area contributed by atoms with Gasteiger partial charge in [-0.3, -0.25) is 14.0 Å². The minimum absolute atomic E-state index is 0.393. The Labute approximate surface area is 100 Å². The van der Waals surface area contributed by atoms with E-state index in [9.17, 15) is 9.59 Å². The van der Waals surface area contributed by atoms with Gasteiger partial charge in [0.15, 0.2) is 0 Å². The minimum Gasteiger partial charge on any atom is -0.480 e. The molecule has 0 saturated carbocycles. The topological polar surface area (TPSA) is 96.6 Å². The van der Waals surface area contributed by atoms with Crippen molar-refractivity contribution >= 4 is 28.2 Å². The molecule has 0 radical (unpaired) electrons. The average molecular weight is 254 g/mol. The summed E-state index contributed by atoms with van der Waals surface area (Å²) in [5, 5.41) is 18.6. The number of nitrogens with zero attached hydrogens (tertiary/aromatic N) is 3. The summed E-state index contributed by atoms with van der Waals surface area (Å²) in [5.41, 5.74) is 0.718. The Hall–Kier alpha value is -1.96. The van der Waals surface area contributed by atoms with E-state index >= 15 is 0 Å². The summed E-state index contributed by atoms with van der Waals surface area (Å²) in [6.45, 7) is 3.17. The first kappa shape index (κ1) is 11.5. The molecule has 2 aromatic heterocycles. The number of hydrogen-bond acceptors (Lipinski definition) is 5. The van der Waals surface area contributed by atoms with Crippen LogP contribution in [0.25, 0.3) is 4.96 Å². The normalized spacial score (nSPS) is 10.7. The fourth-order valence-corrected chi connectivity index (χ4v) is 2.54. The first-order chi connectivity index (χ1) is 8.00. The molecule has 0 saturated heterocycles. The van der Waals surface area contributed by atoms with Gasteiger partial charge in [0.1, 0.15) is 17.2 Å². The number of carbonyl (C=O) groups excluding carboxylic acids is 1. The second-order valence-corrected chi connectivity index (χ2v) is 4.44. The highest BCUT2D eigenvalue weighted by atomic mass is 32.1. The number of carbonyl (C=O) groups is 2. The van der Waals surface area contributed by atoms with E-state index < -0.39 is 18.4 Å². The van der Waals surface area contributed by atoms with E-state index in [1.54, 1.807) is 18.2 Å². The Bertz CT molecular complexity index is 601. The van der Waals surface area contributed by atoms with E-state index in [-0.39, 0.29) is 0 Å².